The molecule has 0 fully saturated rings. The molecule has 8 heteroatoms. The van der Waals surface area contributed by atoms with Crippen LogP contribution in [0, 0.1) is 0 Å². The normalized spacial score (nSPS) is 7.38. The number of phosphoric acid groups is 1. The Bertz CT molecular complexity index is 66.7. The molecule has 0 aromatic rings. The molecule has 3 N–H and O–H groups in total. The third-order valence-electron chi connectivity index (χ3n) is 0. The van der Waals surface area contributed by atoms with Gasteiger partial charge in [-0.05, 0) is 0 Å². The van der Waals surface area contributed by atoms with Crippen LogP contribution in [0.3, 0.4) is 0 Å². The van der Waals surface area contributed by atoms with Gasteiger partial charge in [0.1, 0.15) is 0 Å². The van der Waals surface area contributed by atoms with Gasteiger partial charge in [-0.3, -0.25) is 0 Å². The Morgan fingerprint density at radius 3 is 1.25 bits per heavy atom. The molecule has 0 aliphatic heterocycles. The summed E-state index contributed by atoms with van der Waals surface area (Å²) in [7, 11) is -4.64. The van der Waals surface area contributed by atoms with Crippen molar-refractivity contribution in [3.05, 3.63) is 0 Å². The standard InChI is InChI=1S/Ag.Na.H3O4P.Zr.H/c;;1-5(2,3)4;;/h;;(H3,1,2,3,4);;/q;+1;;;-1. The van der Waals surface area contributed by atoms with E-state index >= 15 is 0 Å². The van der Waals surface area contributed by atoms with Crippen molar-refractivity contribution in [2.45, 2.75) is 0 Å². The maximum Gasteiger partial charge on any atom is 1.00 e. The molecule has 8 heavy (non-hydrogen) atoms. The molecule has 4 nitrogen and oxygen atoms in total. The Kier molecular flexibility index (Phi) is 27.3. The molecule has 0 bridgehead atoms. The molecule has 0 saturated carbocycles. The summed E-state index contributed by atoms with van der Waals surface area (Å²) in [5.74, 6) is 0. The summed E-state index contributed by atoms with van der Waals surface area (Å²) in [5, 5.41) is 0. The summed E-state index contributed by atoms with van der Waals surface area (Å²) in [6.45, 7) is 0. The van der Waals surface area contributed by atoms with Crippen LogP contribution in [0.4, 0.5) is 0 Å². The van der Waals surface area contributed by atoms with E-state index in [4.69, 9.17) is 19.2 Å². The average Bonchev–Trinajstić information content (AvgIpc) is 0.722. The van der Waals surface area contributed by atoms with Crippen molar-refractivity contribution < 1.29 is 98.8 Å². The van der Waals surface area contributed by atoms with E-state index < -0.39 is 7.82 Å². The summed E-state index contributed by atoms with van der Waals surface area (Å²) in [5.41, 5.74) is 0. The Labute approximate surface area is 105 Å². The molecule has 0 unspecified atom stereocenters. The van der Waals surface area contributed by atoms with Gasteiger partial charge in [-0.1, -0.05) is 0 Å². The minimum absolute atomic E-state index is 0. The molecule has 0 amide bonds. The molecule has 0 spiro atoms. The fourth-order valence-electron chi connectivity index (χ4n) is 0. The van der Waals surface area contributed by atoms with Crippen molar-refractivity contribution in [3.8, 4) is 0 Å². The molecule has 0 aromatic carbocycles. The van der Waals surface area contributed by atoms with Crippen LogP contribution in [0.25, 0.3) is 0 Å². The molecule has 0 saturated heterocycles. The molecular formula is H4AgNaO4PZr. The van der Waals surface area contributed by atoms with Gasteiger partial charge >= 0.3 is 37.4 Å². The van der Waals surface area contributed by atoms with E-state index in [1.165, 1.54) is 0 Å². The minimum Gasteiger partial charge on any atom is -1.00 e. The first-order chi connectivity index (χ1) is 2.00. The molecule has 0 aliphatic carbocycles. The maximum absolute atomic E-state index is 8.88. The van der Waals surface area contributed by atoms with E-state index in [1.54, 1.807) is 0 Å². The fraction of sp³-hybridized carbons (Fsp3) is 0. The van der Waals surface area contributed by atoms with Gasteiger partial charge < -0.3 is 16.1 Å². The molecule has 0 atom stereocenters. The van der Waals surface area contributed by atoms with Gasteiger partial charge in [-0.25, -0.2) is 4.57 Å². The van der Waals surface area contributed by atoms with E-state index in [-0.39, 0.29) is 79.6 Å². The SMILES string of the molecule is O=P(O)(O)O.[Ag].[H-].[Na+].[Zr]. The second kappa shape index (κ2) is 9.73. The van der Waals surface area contributed by atoms with Crippen LogP contribution >= 0.6 is 7.82 Å². The predicted molar refractivity (Wildman–Crippen MR) is 15.4 cm³/mol. The van der Waals surface area contributed by atoms with Crippen LogP contribution in [-0.2, 0) is 53.1 Å². The Balaban J connectivity index is -0.0000000133. The van der Waals surface area contributed by atoms with Crippen LogP contribution in [-0.4, -0.2) is 14.7 Å². The maximum atomic E-state index is 8.88. The molecule has 1 radical (unpaired) electrons. The smallest absolute Gasteiger partial charge is 1.00 e. The van der Waals surface area contributed by atoms with Crippen LogP contribution in [0.15, 0.2) is 0 Å². The zero-order valence-corrected chi connectivity index (χ0v) is 10.8. The minimum atomic E-state index is -4.64. The molecule has 0 aliphatic rings. The van der Waals surface area contributed by atoms with Crippen LogP contribution < -0.4 is 29.6 Å². The quantitative estimate of drug-likeness (QED) is 0.316. The number of hydrogen-bond acceptors (Lipinski definition) is 1. The van der Waals surface area contributed by atoms with E-state index in [0.717, 1.165) is 0 Å². The van der Waals surface area contributed by atoms with Crippen LogP contribution in [0.5, 0.6) is 0 Å². The predicted octanol–water partition coefficient (Wildman–Crippen LogP) is -3.82. The summed E-state index contributed by atoms with van der Waals surface area (Å²) < 4.78 is 8.88. The van der Waals surface area contributed by atoms with Crippen molar-refractivity contribution >= 4 is 7.82 Å². The van der Waals surface area contributed by atoms with E-state index in [1.807, 2.05) is 0 Å². The second-order valence-electron chi connectivity index (χ2n) is 0.513. The molecule has 0 aromatic heterocycles. The third kappa shape index (κ3) is 69.9. The Morgan fingerprint density at radius 2 is 1.25 bits per heavy atom. The van der Waals surface area contributed by atoms with Crippen molar-refractivity contribution in [1.82, 2.24) is 0 Å². The molecule has 0 rings (SSSR count). The first-order valence-electron chi connectivity index (χ1n) is 0.783. The van der Waals surface area contributed by atoms with E-state index in [9.17, 15) is 0 Å². The zero-order valence-electron chi connectivity index (χ0n) is 5.00. The van der Waals surface area contributed by atoms with Crippen LogP contribution in [0.2, 0.25) is 0 Å². The number of hydrogen-bond donors (Lipinski definition) is 3. The van der Waals surface area contributed by atoms with Gasteiger partial charge in [-0.2, -0.15) is 0 Å². The zero-order chi connectivity index (χ0) is 4.50. The van der Waals surface area contributed by atoms with E-state index in [0.29, 0.717) is 0 Å². The first kappa shape index (κ1) is 22.4. The van der Waals surface area contributed by atoms with Gasteiger partial charge in [0.2, 0.25) is 0 Å². The van der Waals surface area contributed by atoms with Crippen molar-refractivity contribution in [1.29, 1.82) is 0 Å². The second-order valence-corrected chi connectivity index (χ2v) is 1.54. The Morgan fingerprint density at radius 1 is 1.25 bits per heavy atom. The molecular weight excluding hydrogens is 317 g/mol. The topological polar surface area (TPSA) is 77.8 Å². The average molecular weight is 321 g/mol. The molecule has 0 heterocycles. The van der Waals surface area contributed by atoms with E-state index in [2.05, 4.69) is 0 Å². The van der Waals surface area contributed by atoms with Crippen molar-refractivity contribution in [3.63, 3.8) is 0 Å². The summed E-state index contributed by atoms with van der Waals surface area (Å²) in [6.07, 6.45) is 0. The monoisotopic (exact) mass is 319 g/mol. The Hall–Kier alpha value is 2.73. The van der Waals surface area contributed by atoms with Gasteiger partial charge in [0, 0.05) is 48.6 Å². The van der Waals surface area contributed by atoms with Gasteiger partial charge in [-0.15, -0.1) is 0 Å². The number of rotatable bonds is 0. The molecule has 49 valence electrons. The third-order valence-corrected chi connectivity index (χ3v) is 0. The van der Waals surface area contributed by atoms with Gasteiger partial charge in [0.05, 0.1) is 0 Å². The summed E-state index contributed by atoms with van der Waals surface area (Å²) >= 11 is 0. The van der Waals surface area contributed by atoms with Gasteiger partial charge in [0.25, 0.3) is 0 Å². The first-order valence-corrected chi connectivity index (χ1v) is 2.35. The van der Waals surface area contributed by atoms with Crippen molar-refractivity contribution in [2.24, 2.45) is 0 Å². The largest absolute Gasteiger partial charge is 1.00 e. The van der Waals surface area contributed by atoms with Gasteiger partial charge in [0.15, 0.2) is 0 Å². The van der Waals surface area contributed by atoms with Crippen molar-refractivity contribution in [2.75, 3.05) is 0 Å². The summed E-state index contributed by atoms with van der Waals surface area (Å²) in [6, 6.07) is 0. The van der Waals surface area contributed by atoms with Crippen LogP contribution in [0.1, 0.15) is 1.43 Å². The summed E-state index contributed by atoms with van der Waals surface area (Å²) in [4.78, 5) is 21.6. The fourth-order valence-corrected chi connectivity index (χ4v) is 0.